The first-order valence-electron chi connectivity index (χ1n) is 6.13. The lowest BCUT2D eigenvalue weighted by Gasteiger charge is -2.13. The van der Waals surface area contributed by atoms with Crippen LogP contribution < -0.4 is 10.3 Å². The van der Waals surface area contributed by atoms with E-state index in [1.807, 2.05) is 5.43 Å². The molecule has 2 aromatic carbocycles. The number of carbonyl (C=O) groups excluding carboxylic acids is 1. The van der Waals surface area contributed by atoms with Crippen LogP contribution in [0.2, 0.25) is 0 Å². The summed E-state index contributed by atoms with van der Waals surface area (Å²) in [6.07, 6.45) is -4.56. The minimum atomic E-state index is -4.56. The molecule has 0 unspecified atom stereocenters. The Hall–Kier alpha value is -2.13. The average molecular weight is 348 g/mol. The van der Waals surface area contributed by atoms with Gasteiger partial charge in [-0.15, -0.1) is 0 Å². The minimum Gasteiger partial charge on any atom is -0.277 e. The second kappa shape index (κ2) is 6.97. The van der Waals surface area contributed by atoms with Crippen molar-refractivity contribution in [3.8, 4) is 0 Å². The van der Waals surface area contributed by atoms with Crippen LogP contribution >= 0.6 is 11.9 Å². The lowest BCUT2D eigenvalue weighted by Crippen LogP contribution is -2.34. The number of nitrogens with one attached hydrogen (secondary N) is 2. The summed E-state index contributed by atoms with van der Waals surface area (Å²) in [5.41, 5.74) is 0.206. The smallest absolute Gasteiger partial charge is 0.277 e. The molecule has 1 amide bonds. The Morgan fingerprint density at radius 2 is 1.57 bits per heavy atom. The fraction of sp³-hybridized carbons (Fsp3) is 0.0714. The van der Waals surface area contributed by atoms with Gasteiger partial charge in [0.25, 0.3) is 5.91 Å². The molecule has 0 aromatic heterocycles. The van der Waals surface area contributed by atoms with Crippen LogP contribution in [0.25, 0.3) is 0 Å². The molecule has 122 valence electrons. The lowest BCUT2D eigenvalue weighted by atomic mass is 10.2. The van der Waals surface area contributed by atoms with Crippen molar-refractivity contribution < 1.29 is 26.7 Å². The first-order chi connectivity index (χ1) is 10.8. The van der Waals surface area contributed by atoms with Crippen LogP contribution in [-0.2, 0) is 6.18 Å². The number of amides is 1. The van der Waals surface area contributed by atoms with E-state index in [-0.39, 0.29) is 4.90 Å². The van der Waals surface area contributed by atoms with Crippen LogP contribution in [0.1, 0.15) is 15.9 Å². The molecule has 0 saturated heterocycles. The second-order valence-electron chi connectivity index (χ2n) is 4.25. The summed E-state index contributed by atoms with van der Waals surface area (Å²) in [4.78, 5) is 13.6. The van der Waals surface area contributed by atoms with E-state index in [9.17, 15) is 26.7 Å². The lowest BCUT2D eigenvalue weighted by molar-refractivity contribution is -0.139. The number of carbonyl (C=O) groups is 1. The molecule has 2 N–H and O–H groups in total. The van der Waals surface area contributed by atoms with Gasteiger partial charge in [0, 0.05) is 4.90 Å². The molecule has 0 saturated carbocycles. The molecule has 0 aliphatic rings. The van der Waals surface area contributed by atoms with Crippen LogP contribution in [0.4, 0.5) is 22.0 Å². The third-order valence-electron chi connectivity index (χ3n) is 2.71. The molecule has 0 aliphatic carbocycles. The zero-order chi connectivity index (χ0) is 17.0. The Morgan fingerprint density at radius 3 is 2.17 bits per heavy atom. The van der Waals surface area contributed by atoms with Gasteiger partial charge in [-0.3, -0.25) is 10.2 Å². The predicted molar refractivity (Wildman–Crippen MR) is 74.3 cm³/mol. The van der Waals surface area contributed by atoms with Gasteiger partial charge in [0.05, 0.1) is 5.56 Å². The quantitative estimate of drug-likeness (QED) is 0.500. The normalized spacial score (nSPS) is 11.3. The van der Waals surface area contributed by atoms with Gasteiger partial charge < -0.3 is 0 Å². The van der Waals surface area contributed by atoms with Crippen LogP contribution in [0, 0.1) is 11.6 Å². The molecule has 3 nitrogen and oxygen atoms in total. The minimum absolute atomic E-state index is 0.200. The molecule has 0 bridgehead atoms. The molecular formula is C14H9F5N2OS. The van der Waals surface area contributed by atoms with E-state index in [4.69, 9.17) is 0 Å². The highest BCUT2D eigenvalue weighted by Gasteiger charge is 2.33. The predicted octanol–water partition coefficient (Wildman–Crippen LogP) is 3.93. The summed E-state index contributed by atoms with van der Waals surface area (Å²) in [7, 11) is 0. The van der Waals surface area contributed by atoms with Gasteiger partial charge >= 0.3 is 6.18 Å². The van der Waals surface area contributed by atoms with E-state index in [2.05, 4.69) is 4.83 Å². The molecule has 0 aliphatic heterocycles. The maximum absolute atomic E-state index is 13.4. The van der Waals surface area contributed by atoms with Gasteiger partial charge in [0.1, 0.15) is 17.2 Å². The molecule has 23 heavy (non-hydrogen) atoms. The molecule has 0 fully saturated rings. The van der Waals surface area contributed by atoms with Crippen LogP contribution in [-0.4, -0.2) is 5.91 Å². The molecular weight excluding hydrogens is 339 g/mol. The van der Waals surface area contributed by atoms with Crippen molar-refractivity contribution in [1.82, 2.24) is 10.3 Å². The number of hydrogen-bond donors (Lipinski definition) is 2. The molecule has 0 atom stereocenters. The number of hydrogen-bond acceptors (Lipinski definition) is 3. The summed E-state index contributed by atoms with van der Waals surface area (Å²) < 4.78 is 65.1. The molecule has 0 spiro atoms. The number of halogens is 5. The number of benzene rings is 2. The van der Waals surface area contributed by atoms with E-state index in [1.165, 1.54) is 18.2 Å². The molecule has 2 aromatic rings. The van der Waals surface area contributed by atoms with E-state index >= 15 is 0 Å². The van der Waals surface area contributed by atoms with Crippen molar-refractivity contribution in [2.75, 3.05) is 0 Å². The Morgan fingerprint density at radius 1 is 0.957 bits per heavy atom. The first kappa shape index (κ1) is 17.2. The largest absolute Gasteiger partial charge is 0.417 e. The fourth-order valence-electron chi connectivity index (χ4n) is 1.69. The van der Waals surface area contributed by atoms with E-state index in [0.29, 0.717) is 11.9 Å². The Balaban J connectivity index is 2.05. The SMILES string of the molecule is O=C(NNSc1ccccc1C(F)(F)F)c1c(F)cccc1F. The molecule has 9 heteroatoms. The Labute approximate surface area is 132 Å². The van der Waals surface area contributed by atoms with E-state index in [0.717, 1.165) is 24.3 Å². The van der Waals surface area contributed by atoms with Gasteiger partial charge in [-0.2, -0.15) is 18.0 Å². The van der Waals surface area contributed by atoms with Crippen molar-refractivity contribution in [2.24, 2.45) is 0 Å². The Bertz CT molecular complexity index is 700. The van der Waals surface area contributed by atoms with Gasteiger partial charge in [0.15, 0.2) is 0 Å². The van der Waals surface area contributed by atoms with Gasteiger partial charge in [-0.05, 0) is 36.2 Å². The van der Waals surface area contributed by atoms with E-state index in [1.54, 1.807) is 0 Å². The monoisotopic (exact) mass is 348 g/mol. The Kier molecular flexibility index (Phi) is 5.22. The highest BCUT2D eigenvalue weighted by Crippen LogP contribution is 2.35. The maximum Gasteiger partial charge on any atom is 0.417 e. The van der Waals surface area contributed by atoms with Gasteiger partial charge in [-0.1, -0.05) is 18.2 Å². The van der Waals surface area contributed by atoms with Crippen LogP contribution in [0.3, 0.4) is 0 Å². The summed E-state index contributed by atoms with van der Waals surface area (Å²) >= 11 is 0.462. The standard InChI is InChI=1S/C14H9F5N2OS/c15-9-5-3-6-10(16)12(9)13(22)20-21-23-11-7-2-1-4-8(11)14(17,18)19/h1-7,21H,(H,20,22). The summed E-state index contributed by atoms with van der Waals surface area (Å²) in [5, 5.41) is 0. The van der Waals surface area contributed by atoms with Gasteiger partial charge in [-0.25, -0.2) is 8.78 Å². The van der Waals surface area contributed by atoms with E-state index < -0.39 is 34.8 Å². The van der Waals surface area contributed by atoms with Crippen molar-refractivity contribution in [3.05, 3.63) is 65.2 Å². The van der Waals surface area contributed by atoms with Crippen molar-refractivity contribution in [1.29, 1.82) is 0 Å². The molecule has 0 heterocycles. The molecule has 0 radical (unpaired) electrons. The van der Waals surface area contributed by atoms with Crippen molar-refractivity contribution in [3.63, 3.8) is 0 Å². The summed E-state index contributed by atoms with van der Waals surface area (Å²) in [6.45, 7) is 0. The van der Waals surface area contributed by atoms with Crippen molar-refractivity contribution in [2.45, 2.75) is 11.1 Å². The maximum atomic E-state index is 13.4. The third-order valence-corrected chi connectivity index (χ3v) is 3.49. The number of hydrazine groups is 1. The zero-order valence-electron chi connectivity index (χ0n) is 11.2. The average Bonchev–Trinajstić information content (AvgIpc) is 2.46. The number of rotatable bonds is 4. The first-order valence-corrected chi connectivity index (χ1v) is 6.95. The fourth-order valence-corrected chi connectivity index (χ4v) is 2.39. The van der Waals surface area contributed by atoms with Crippen LogP contribution in [0.15, 0.2) is 47.4 Å². The third kappa shape index (κ3) is 4.20. The summed E-state index contributed by atoms with van der Waals surface area (Å²) in [5.74, 6) is -3.30. The summed E-state index contributed by atoms with van der Waals surface area (Å²) in [6, 6.07) is 7.55. The highest BCUT2D eigenvalue weighted by atomic mass is 32.2. The number of alkyl halides is 3. The second-order valence-corrected chi connectivity index (χ2v) is 5.10. The molecule has 2 rings (SSSR count). The van der Waals surface area contributed by atoms with Crippen molar-refractivity contribution >= 4 is 17.9 Å². The highest BCUT2D eigenvalue weighted by molar-refractivity contribution is 7.97. The van der Waals surface area contributed by atoms with Crippen LogP contribution in [0.5, 0.6) is 0 Å². The topological polar surface area (TPSA) is 41.1 Å². The van der Waals surface area contributed by atoms with Gasteiger partial charge in [0.2, 0.25) is 0 Å². The zero-order valence-corrected chi connectivity index (χ0v) is 12.1.